The van der Waals surface area contributed by atoms with Crippen LogP contribution in [0.3, 0.4) is 0 Å². The molecule has 0 aromatic carbocycles. The molecule has 38 nitrogen and oxygen atoms in total. The molecule has 12 unspecified atom stereocenters. The Morgan fingerprint density at radius 2 is 0.846 bits per heavy atom. The van der Waals surface area contributed by atoms with Gasteiger partial charge >= 0.3 is 5.97 Å². The van der Waals surface area contributed by atoms with Crippen molar-refractivity contribution in [2.24, 2.45) is 0 Å². The molecule has 123 heavy (non-hydrogen) atoms. The van der Waals surface area contributed by atoms with Gasteiger partial charge < -0.3 is 170 Å². The minimum Gasteiger partial charge on any atom is -0.477 e. The van der Waals surface area contributed by atoms with Gasteiger partial charge in [0.15, 0.2) is 31.5 Å². The quantitative estimate of drug-likeness (QED) is 0.0285. The SMILES string of the molecule is CCCCCCCCCCCCC/C=C/[C@@H](O)[C@H](CO[C@@H]1OC(CO)[C@@H](O[C@@H]2OC(CO)[C@H](O)[C@H](O[C@@H]3OC(CO)[C@@H](O[C@@H]4OC(CO)[C@H](O)[C@H](O[C@]5(C(=O)O)CC(O)[C@@H](NC(C)=O)C([C@H](O)[C@H](O)CO)O5)C4O)[C@H](O[C@H]4OC(C)[C@@H](O)C(O)[C@@H]4O)C3NC(C)=O)C2O)[C@H](O)C1O)NC(=O)CCCCCCCCCCCCCCCCCCCCCCC. The van der Waals surface area contributed by atoms with Gasteiger partial charge in [0.25, 0.3) is 5.79 Å². The zero-order valence-electron chi connectivity index (χ0n) is 72.7. The summed E-state index contributed by atoms with van der Waals surface area (Å²) in [6.07, 6.45) is -18.0. The molecule has 0 bridgehead atoms. The van der Waals surface area contributed by atoms with Gasteiger partial charge in [-0.25, -0.2) is 4.79 Å². The molecule has 6 heterocycles. The number of carboxylic acids is 1. The monoisotopic (exact) mass is 1780 g/mol. The fourth-order valence-corrected chi connectivity index (χ4v) is 16.8. The summed E-state index contributed by atoms with van der Waals surface area (Å²) in [5.41, 5.74) is 0. The largest absolute Gasteiger partial charge is 0.477 e. The Balaban J connectivity index is 1.15. The van der Waals surface area contributed by atoms with Gasteiger partial charge in [0.2, 0.25) is 17.7 Å². The number of amides is 3. The van der Waals surface area contributed by atoms with Crippen molar-refractivity contribution in [3.63, 3.8) is 0 Å². The molecule has 0 aromatic rings. The number of aliphatic hydroxyl groups excluding tert-OH is 18. The van der Waals surface area contributed by atoms with Crippen molar-refractivity contribution in [3.8, 4) is 0 Å². The summed E-state index contributed by atoms with van der Waals surface area (Å²) < 4.78 is 72.3. The van der Waals surface area contributed by atoms with E-state index in [-0.39, 0.29) is 12.3 Å². The summed E-state index contributed by atoms with van der Waals surface area (Å²) in [6.45, 7) is 1.54. The first-order valence-corrected chi connectivity index (χ1v) is 45.5. The zero-order chi connectivity index (χ0) is 90.3. The maximum atomic E-state index is 13.7. The number of hydrogen-bond donors (Lipinski definition) is 22. The minimum absolute atomic E-state index is 0.152. The summed E-state index contributed by atoms with van der Waals surface area (Å²) in [4.78, 5) is 52.8. The van der Waals surface area contributed by atoms with Crippen molar-refractivity contribution in [1.29, 1.82) is 0 Å². The van der Waals surface area contributed by atoms with Gasteiger partial charge in [0.05, 0.1) is 70.0 Å². The van der Waals surface area contributed by atoms with Crippen LogP contribution in [0.5, 0.6) is 0 Å². The normalized spacial score (nSPS) is 35.4. The fraction of sp³-hybridized carbons (Fsp3) is 0.929. The highest BCUT2D eigenvalue weighted by Crippen LogP contribution is 2.41. The maximum absolute atomic E-state index is 13.7. The predicted molar refractivity (Wildman–Crippen MR) is 437 cm³/mol. The van der Waals surface area contributed by atoms with E-state index in [4.69, 9.17) is 56.8 Å². The molecule has 38 heteroatoms. The Kier molecular flexibility index (Phi) is 50.6. The number of aliphatic hydroxyl groups is 18. The molecular formula is C85H153N3O35. The van der Waals surface area contributed by atoms with E-state index >= 15 is 0 Å². The molecule has 0 spiro atoms. The molecule has 6 aliphatic rings. The number of carbonyl (C=O) groups excluding carboxylic acids is 3. The van der Waals surface area contributed by atoms with Gasteiger partial charge in [-0.2, -0.15) is 0 Å². The van der Waals surface area contributed by atoms with E-state index in [1.165, 1.54) is 155 Å². The number of aliphatic carboxylic acids is 1. The molecule has 718 valence electrons. The van der Waals surface area contributed by atoms with Crippen LogP contribution in [0.1, 0.15) is 259 Å². The van der Waals surface area contributed by atoms with Crippen LogP contribution in [-0.4, -0.2) is 362 Å². The van der Waals surface area contributed by atoms with Gasteiger partial charge in [-0.15, -0.1) is 0 Å². The third-order valence-electron chi connectivity index (χ3n) is 24.2. The van der Waals surface area contributed by atoms with Crippen molar-refractivity contribution in [1.82, 2.24) is 16.0 Å². The zero-order valence-corrected chi connectivity index (χ0v) is 72.7. The minimum atomic E-state index is -3.28. The lowest BCUT2D eigenvalue weighted by Crippen LogP contribution is -2.72. The summed E-state index contributed by atoms with van der Waals surface area (Å²) in [7, 11) is 0. The summed E-state index contributed by atoms with van der Waals surface area (Å²) in [5.74, 6) is -7.56. The lowest BCUT2D eigenvalue weighted by molar-refractivity contribution is -0.399. The molecule has 0 saturated carbocycles. The number of carbonyl (C=O) groups is 4. The van der Waals surface area contributed by atoms with Crippen LogP contribution in [0.25, 0.3) is 0 Å². The van der Waals surface area contributed by atoms with E-state index in [1.807, 2.05) is 6.08 Å². The number of ether oxygens (including phenoxy) is 12. The average Bonchev–Trinajstić information content (AvgIpc) is 0.752. The smallest absolute Gasteiger partial charge is 0.364 e. The molecule has 6 aliphatic heterocycles. The number of rotatable bonds is 60. The Hall–Kier alpha value is -3.58. The highest BCUT2D eigenvalue weighted by Gasteiger charge is 2.62. The Morgan fingerprint density at radius 1 is 0.439 bits per heavy atom. The molecule has 6 fully saturated rings. The van der Waals surface area contributed by atoms with Crippen LogP contribution in [0.15, 0.2) is 12.2 Å². The van der Waals surface area contributed by atoms with Crippen LogP contribution < -0.4 is 16.0 Å². The van der Waals surface area contributed by atoms with Gasteiger partial charge in [-0.05, 0) is 26.2 Å². The van der Waals surface area contributed by atoms with Crippen molar-refractivity contribution in [2.45, 2.75) is 461 Å². The van der Waals surface area contributed by atoms with Gasteiger partial charge in [0.1, 0.15) is 134 Å². The van der Waals surface area contributed by atoms with E-state index in [9.17, 15) is 116 Å². The molecule has 0 aromatic heterocycles. The molecule has 6 saturated heterocycles. The summed E-state index contributed by atoms with van der Waals surface area (Å²) in [5, 5.41) is 221. The lowest BCUT2D eigenvalue weighted by Gasteiger charge is -2.52. The van der Waals surface area contributed by atoms with Crippen LogP contribution >= 0.6 is 0 Å². The van der Waals surface area contributed by atoms with Gasteiger partial charge in [0, 0.05) is 26.7 Å². The van der Waals surface area contributed by atoms with E-state index in [0.29, 0.717) is 12.8 Å². The van der Waals surface area contributed by atoms with E-state index in [2.05, 4.69) is 29.8 Å². The van der Waals surface area contributed by atoms with Crippen LogP contribution in [-0.2, 0) is 76.0 Å². The maximum Gasteiger partial charge on any atom is 0.364 e. The number of nitrogens with one attached hydrogen (secondary N) is 3. The standard InChI is InChI=1S/C85H153N3O35/c1-6-8-10-12-14-16-18-20-21-22-23-24-25-26-27-29-31-33-35-37-39-41-60(99)88-52(53(96)40-38-36-34-32-30-28-19-17-15-13-11-9-7-2)48-112-80-70(107)68(105)73(58(46-92)117-80)118-82-71(108)77(65(102)56(44-90)114-82)121-79-62(87-51(5)95)76(120-81-69(106)67(104)63(100)49(3)113-81)74(59(47-93)116-79)119-83-72(109)78(66(103)57(45-91)115-83)123-85(84(110)111)42-54(97)61(86-50(4)94)75(122-85)64(101)55(98)43-89/h38,40,49,52-59,61-83,89-93,96-98,100-109H,6-37,39,41-48H2,1-5H3,(H,86,94)(H,87,95)(H,88,99)(H,110,111)/b40-38+/t49?,52-,53+,54?,55+,56?,57?,58?,59?,61+,62?,63+,64+,65-,66-,67?,68+,69-,70?,71?,72?,73+,74+,75?,76+,77-,78-,79-,80+,81+,82-,83-,85-/m0/s1. The van der Waals surface area contributed by atoms with E-state index in [1.54, 1.807) is 6.08 Å². The Bertz CT molecular complexity index is 2930. The lowest BCUT2D eigenvalue weighted by atomic mass is 9.88. The molecular weight excluding hydrogens is 1620 g/mol. The number of unbranched alkanes of at least 4 members (excludes halogenated alkanes) is 31. The van der Waals surface area contributed by atoms with E-state index in [0.717, 1.165) is 65.2 Å². The van der Waals surface area contributed by atoms with Crippen LogP contribution in [0.2, 0.25) is 0 Å². The third kappa shape index (κ3) is 33.6. The molecule has 22 N–H and O–H groups in total. The van der Waals surface area contributed by atoms with Crippen molar-refractivity contribution >= 4 is 23.7 Å². The molecule has 0 radical (unpaired) electrons. The van der Waals surface area contributed by atoms with Gasteiger partial charge in [-0.3, -0.25) is 14.4 Å². The van der Waals surface area contributed by atoms with Crippen LogP contribution in [0, 0.1) is 0 Å². The number of hydrogen-bond acceptors (Lipinski definition) is 34. The van der Waals surface area contributed by atoms with Crippen LogP contribution in [0.4, 0.5) is 0 Å². The second kappa shape index (κ2) is 57.6. The Morgan fingerprint density at radius 3 is 1.33 bits per heavy atom. The molecule has 33 atom stereocenters. The molecule has 0 aliphatic carbocycles. The first kappa shape index (κ1) is 108. The highest BCUT2D eigenvalue weighted by atomic mass is 16.8. The van der Waals surface area contributed by atoms with Crippen molar-refractivity contribution in [3.05, 3.63) is 12.2 Å². The topological polar surface area (TPSA) is 600 Å². The Labute approximate surface area is 722 Å². The second-order valence-electron chi connectivity index (χ2n) is 34.2. The average molecular weight is 1780 g/mol. The van der Waals surface area contributed by atoms with Crippen molar-refractivity contribution in [2.75, 3.05) is 39.6 Å². The first-order valence-electron chi connectivity index (χ1n) is 45.5. The van der Waals surface area contributed by atoms with Crippen molar-refractivity contribution < 1.29 is 173 Å². The second-order valence-corrected chi connectivity index (χ2v) is 34.2. The van der Waals surface area contributed by atoms with E-state index < -0.39 is 266 Å². The fourth-order valence-electron chi connectivity index (χ4n) is 16.8. The highest BCUT2D eigenvalue weighted by molar-refractivity contribution is 5.77. The van der Waals surface area contributed by atoms with Gasteiger partial charge in [-0.1, -0.05) is 219 Å². The number of allylic oxidation sites excluding steroid dienone is 1. The summed E-state index contributed by atoms with van der Waals surface area (Å²) in [6, 6.07) is -4.81. The number of carboxylic acid groups (broad SMARTS) is 1. The third-order valence-corrected chi connectivity index (χ3v) is 24.2. The first-order chi connectivity index (χ1) is 59.0. The molecule has 6 rings (SSSR count). The summed E-state index contributed by atoms with van der Waals surface area (Å²) >= 11 is 0. The predicted octanol–water partition coefficient (Wildman–Crippen LogP) is 0.150. The molecule has 3 amide bonds.